The van der Waals surface area contributed by atoms with Crippen molar-refractivity contribution in [2.75, 3.05) is 50.7 Å². The van der Waals surface area contributed by atoms with Crippen LogP contribution in [0.3, 0.4) is 0 Å². The van der Waals surface area contributed by atoms with E-state index in [9.17, 15) is 4.79 Å². The van der Waals surface area contributed by atoms with Crippen molar-refractivity contribution in [3.63, 3.8) is 0 Å². The van der Waals surface area contributed by atoms with Crippen molar-refractivity contribution in [3.05, 3.63) is 18.3 Å². The lowest BCUT2D eigenvalue weighted by Crippen LogP contribution is -2.54. The molecule has 1 aromatic rings. The Balaban J connectivity index is 1.48. The first-order valence-electron chi connectivity index (χ1n) is 9.48. The monoisotopic (exact) mass is 346 g/mol. The van der Waals surface area contributed by atoms with Gasteiger partial charge in [-0.3, -0.25) is 4.79 Å². The average molecular weight is 346 g/mol. The molecular formula is C18H30N6O. The predicted octanol–water partition coefficient (Wildman–Crippen LogP) is 0.588. The maximum Gasteiger partial charge on any atom is 0.239 e. The maximum absolute atomic E-state index is 12.7. The highest BCUT2D eigenvalue weighted by molar-refractivity contribution is 5.81. The van der Waals surface area contributed by atoms with Crippen molar-refractivity contribution in [1.29, 1.82) is 0 Å². The summed E-state index contributed by atoms with van der Waals surface area (Å²) in [5, 5.41) is 11.7. The number of rotatable bonds is 6. The molecule has 7 nitrogen and oxygen atoms in total. The van der Waals surface area contributed by atoms with E-state index in [0.717, 1.165) is 64.5 Å². The van der Waals surface area contributed by atoms with Gasteiger partial charge in [0.05, 0.1) is 6.04 Å². The summed E-state index contributed by atoms with van der Waals surface area (Å²) >= 11 is 0. The van der Waals surface area contributed by atoms with Gasteiger partial charge in [0.15, 0.2) is 5.82 Å². The van der Waals surface area contributed by atoms with E-state index in [1.165, 1.54) is 0 Å². The van der Waals surface area contributed by atoms with Crippen LogP contribution in [0.5, 0.6) is 0 Å². The van der Waals surface area contributed by atoms with Crippen molar-refractivity contribution in [2.45, 2.75) is 38.8 Å². The van der Waals surface area contributed by atoms with Crippen molar-refractivity contribution in [3.8, 4) is 0 Å². The number of nitrogens with one attached hydrogen (secondary N) is 1. The van der Waals surface area contributed by atoms with Gasteiger partial charge in [0, 0.05) is 51.5 Å². The molecule has 7 heteroatoms. The number of likely N-dealkylation sites (N-methyl/N-ethyl adjacent to an activating group) is 1. The molecule has 0 saturated carbocycles. The van der Waals surface area contributed by atoms with Gasteiger partial charge in [-0.1, -0.05) is 6.92 Å². The van der Waals surface area contributed by atoms with E-state index < -0.39 is 0 Å². The Labute approximate surface area is 150 Å². The molecule has 2 fully saturated rings. The normalized spacial score (nSPS) is 23.0. The summed E-state index contributed by atoms with van der Waals surface area (Å²) in [4.78, 5) is 19.3. The highest BCUT2D eigenvalue weighted by atomic mass is 16.2. The fraction of sp³-hybridized carbons (Fsp3) is 0.722. The standard InChI is InChI=1S/C18H30N6O/c1-3-22-10-12-23(13-11-22)18(25)15(2)19-14-16-6-5-9-24(16)17-7-4-8-20-21-17/h4,7-8,15-16,19H,3,5-6,9-14H2,1-2H3. The molecule has 1 amide bonds. The molecular weight excluding hydrogens is 316 g/mol. The first-order chi connectivity index (χ1) is 12.2. The summed E-state index contributed by atoms with van der Waals surface area (Å²) in [5.74, 6) is 1.15. The van der Waals surface area contributed by atoms with Crippen molar-refractivity contribution >= 4 is 11.7 Å². The lowest BCUT2D eigenvalue weighted by atomic mass is 10.2. The van der Waals surface area contributed by atoms with E-state index in [4.69, 9.17) is 0 Å². The number of carbonyl (C=O) groups excluding carboxylic acids is 1. The molecule has 1 N–H and O–H groups in total. The molecule has 3 heterocycles. The average Bonchev–Trinajstić information content (AvgIpc) is 3.15. The molecule has 1 aromatic heterocycles. The Hall–Kier alpha value is -1.73. The molecule has 0 spiro atoms. The minimum atomic E-state index is -0.141. The lowest BCUT2D eigenvalue weighted by Gasteiger charge is -2.36. The fourth-order valence-corrected chi connectivity index (χ4v) is 3.75. The summed E-state index contributed by atoms with van der Waals surface area (Å²) in [7, 11) is 0. The Kier molecular flexibility index (Phi) is 6.20. The van der Waals surface area contributed by atoms with Crippen LogP contribution in [0.2, 0.25) is 0 Å². The van der Waals surface area contributed by atoms with Crippen LogP contribution in [0, 0.1) is 0 Å². The lowest BCUT2D eigenvalue weighted by molar-refractivity contribution is -0.134. The first kappa shape index (κ1) is 18.1. The van der Waals surface area contributed by atoms with Crippen molar-refractivity contribution < 1.29 is 4.79 Å². The topological polar surface area (TPSA) is 64.6 Å². The molecule has 0 bridgehead atoms. The van der Waals surface area contributed by atoms with Crippen LogP contribution in [0.25, 0.3) is 0 Å². The zero-order valence-corrected chi connectivity index (χ0v) is 15.4. The Morgan fingerprint density at radius 1 is 1.32 bits per heavy atom. The van der Waals surface area contributed by atoms with E-state index in [1.807, 2.05) is 24.0 Å². The zero-order valence-electron chi connectivity index (χ0n) is 15.4. The Morgan fingerprint density at radius 2 is 2.12 bits per heavy atom. The molecule has 2 aliphatic heterocycles. The minimum absolute atomic E-state index is 0.141. The van der Waals surface area contributed by atoms with Crippen LogP contribution in [-0.2, 0) is 4.79 Å². The number of carbonyl (C=O) groups is 1. The second-order valence-electron chi connectivity index (χ2n) is 6.96. The molecule has 0 aliphatic carbocycles. The SMILES string of the molecule is CCN1CCN(C(=O)C(C)NCC2CCCN2c2cccnn2)CC1. The molecule has 0 aromatic carbocycles. The molecule has 25 heavy (non-hydrogen) atoms. The molecule has 2 atom stereocenters. The highest BCUT2D eigenvalue weighted by Crippen LogP contribution is 2.22. The van der Waals surface area contributed by atoms with Gasteiger partial charge in [-0.05, 0) is 38.4 Å². The summed E-state index contributed by atoms with van der Waals surface area (Å²) < 4.78 is 0. The summed E-state index contributed by atoms with van der Waals surface area (Å²) in [6, 6.07) is 4.17. The van der Waals surface area contributed by atoms with Crippen LogP contribution in [0.4, 0.5) is 5.82 Å². The summed E-state index contributed by atoms with van der Waals surface area (Å²) in [6.45, 7) is 10.7. The second kappa shape index (κ2) is 8.58. The number of anilines is 1. The van der Waals surface area contributed by atoms with E-state index in [2.05, 4.69) is 32.2 Å². The fourth-order valence-electron chi connectivity index (χ4n) is 3.75. The van der Waals surface area contributed by atoms with Gasteiger partial charge >= 0.3 is 0 Å². The largest absolute Gasteiger partial charge is 0.351 e. The molecule has 0 radical (unpaired) electrons. The highest BCUT2D eigenvalue weighted by Gasteiger charge is 2.28. The number of nitrogens with zero attached hydrogens (tertiary/aromatic N) is 5. The first-order valence-corrected chi connectivity index (χ1v) is 9.48. The number of hydrogen-bond donors (Lipinski definition) is 1. The third-order valence-corrected chi connectivity index (χ3v) is 5.39. The van der Waals surface area contributed by atoms with Crippen LogP contribution in [0.1, 0.15) is 26.7 Å². The summed E-state index contributed by atoms with van der Waals surface area (Å²) in [6.07, 6.45) is 3.98. The number of piperazine rings is 1. The van der Waals surface area contributed by atoms with Gasteiger partial charge in [-0.2, -0.15) is 5.10 Å². The predicted molar refractivity (Wildman–Crippen MR) is 98.6 cm³/mol. The third-order valence-electron chi connectivity index (χ3n) is 5.39. The number of aromatic nitrogens is 2. The van der Waals surface area contributed by atoms with Gasteiger partial charge in [0.25, 0.3) is 0 Å². The van der Waals surface area contributed by atoms with Crippen LogP contribution in [0.15, 0.2) is 18.3 Å². The third kappa shape index (κ3) is 4.46. The van der Waals surface area contributed by atoms with E-state index in [1.54, 1.807) is 6.20 Å². The smallest absolute Gasteiger partial charge is 0.239 e. The molecule has 2 saturated heterocycles. The van der Waals surface area contributed by atoms with Crippen LogP contribution >= 0.6 is 0 Å². The molecule has 3 rings (SSSR count). The maximum atomic E-state index is 12.7. The molecule has 2 aliphatic rings. The quantitative estimate of drug-likeness (QED) is 0.813. The minimum Gasteiger partial charge on any atom is -0.351 e. The number of amides is 1. The zero-order chi connectivity index (χ0) is 17.6. The second-order valence-corrected chi connectivity index (χ2v) is 6.96. The van der Waals surface area contributed by atoms with E-state index in [0.29, 0.717) is 6.04 Å². The van der Waals surface area contributed by atoms with Gasteiger partial charge in [0.2, 0.25) is 5.91 Å². The molecule has 138 valence electrons. The Bertz CT molecular complexity index is 546. The van der Waals surface area contributed by atoms with Gasteiger partial charge < -0.3 is 20.0 Å². The molecule has 2 unspecified atom stereocenters. The van der Waals surface area contributed by atoms with Crippen molar-refractivity contribution in [1.82, 2.24) is 25.3 Å². The van der Waals surface area contributed by atoms with Crippen molar-refractivity contribution in [2.24, 2.45) is 0 Å². The van der Waals surface area contributed by atoms with Crippen LogP contribution in [-0.4, -0.2) is 83.8 Å². The summed E-state index contributed by atoms with van der Waals surface area (Å²) in [5.41, 5.74) is 0. The van der Waals surface area contributed by atoms with Gasteiger partial charge in [0.1, 0.15) is 0 Å². The van der Waals surface area contributed by atoms with Crippen LogP contribution < -0.4 is 10.2 Å². The van der Waals surface area contributed by atoms with E-state index in [-0.39, 0.29) is 11.9 Å². The Morgan fingerprint density at radius 3 is 2.80 bits per heavy atom. The van der Waals surface area contributed by atoms with Gasteiger partial charge in [-0.25, -0.2) is 0 Å². The van der Waals surface area contributed by atoms with E-state index >= 15 is 0 Å². The van der Waals surface area contributed by atoms with Gasteiger partial charge in [-0.15, -0.1) is 5.10 Å². The number of hydrogen-bond acceptors (Lipinski definition) is 6.